The molecular weight excluding hydrogens is 476 g/mol. The van der Waals surface area contributed by atoms with Gasteiger partial charge in [-0.1, -0.05) is 22.9 Å². The maximum Gasteiger partial charge on any atom is 0.243 e. The predicted octanol–water partition coefficient (Wildman–Crippen LogP) is 3.67. The summed E-state index contributed by atoms with van der Waals surface area (Å²) >= 11 is 8.05. The molecule has 2 aromatic carbocycles. The van der Waals surface area contributed by atoms with E-state index in [-0.39, 0.29) is 6.61 Å². The zero-order chi connectivity index (χ0) is 23.5. The van der Waals surface area contributed by atoms with Crippen LogP contribution in [0.4, 0.5) is 5.95 Å². The number of anilines is 1. The Labute approximate surface area is 203 Å². The number of halogens is 1. The molecule has 0 aliphatic carbocycles. The molecule has 5 rings (SSSR count). The lowest BCUT2D eigenvalue weighted by atomic mass is 10.1. The van der Waals surface area contributed by atoms with Gasteiger partial charge >= 0.3 is 0 Å². The molecule has 0 fully saturated rings. The molecule has 172 valence electrons. The van der Waals surface area contributed by atoms with Gasteiger partial charge in [0.1, 0.15) is 16.5 Å². The molecule has 0 saturated carbocycles. The standard InChI is InChI=1S/C22H19ClN8O2S/c1-33-14-3-5-20-17(9-14)26-21(34-20)11-24-22-27-18(10-25-29-22)15-8-13(2-4-16(15)23)19-12-31(6-7-32)30-28-19/h2-5,8-10,12,32H,6-7,11H2,1H3,(H,24,27,29). The highest BCUT2D eigenvalue weighted by atomic mass is 35.5. The second kappa shape index (κ2) is 9.67. The maximum atomic E-state index is 9.09. The van der Waals surface area contributed by atoms with E-state index in [1.807, 2.05) is 30.3 Å². The molecule has 0 radical (unpaired) electrons. The smallest absolute Gasteiger partial charge is 0.243 e. The number of nitrogens with one attached hydrogen (secondary N) is 1. The van der Waals surface area contributed by atoms with Gasteiger partial charge in [0, 0.05) is 17.2 Å². The van der Waals surface area contributed by atoms with Crippen molar-refractivity contribution in [3.8, 4) is 28.3 Å². The predicted molar refractivity (Wildman–Crippen MR) is 130 cm³/mol. The summed E-state index contributed by atoms with van der Waals surface area (Å²) in [6, 6.07) is 11.3. The molecule has 2 N–H and O–H groups in total. The van der Waals surface area contributed by atoms with Crippen LogP contribution in [0.5, 0.6) is 5.75 Å². The quantitative estimate of drug-likeness (QED) is 0.332. The second-order valence-electron chi connectivity index (χ2n) is 7.25. The molecule has 3 heterocycles. The zero-order valence-electron chi connectivity index (χ0n) is 18.0. The number of rotatable bonds is 8. The minimum absolute atomic E-state index is 0.0116. The lowest BCUT2D eigenvalue weighted by molar-refractivity contribution is 0.268. The van der Waals surface area contributed by atoms with Crippen molar-refractivity contribution in [2.75, 3.05) is 19.0 Å². The van der Waals surface area contributed by atoms with Gasteiger partial charge in [0.15, 0.2) is 0 Å². The van der Waals surface area contributed by atoms with Crippen molar-refractivity contribution in [2.45, 2.75) is 13.1 Å². The zero-order valence-corrected chi connectivity index (χ0v) is 19.6. The van der Waals surface area contributed by atoms with E-state index in [4.69, 9.17) is 21.4 Å². The molecule has 12 heteroatoms. The number of ether oxygens (including phenoxy) is 1. The SMILES string of the molecule is COc1ccc2sc(CNc3nncc(-c4cc(-c5cn(CCO)nn5)ccc4Cl)n3)nc2c1. The van der Waals surface area contributed by atoms with E-state index in [2.05, 4.69) is 35.8 Å². The van der Waals surface area contributed by atoms with Crippen LogP contribution in [0.15, 0.2) is 48.8 Å². The van der Waals surface area contributed by atoms with Gasteiger partial charge in [-0.2, -0.15) is 5.10 Å². The van der Waals surface area contributed by atoms with Crippen LogP contribution in [0.25, 0.3) is 32.7 Å². The van der Waals surface area contributed by atoms with E-state index >= 15 is 0 Å². The van der Waals surface area contributed by atoms with Crippen molar-refractivity contribution >= 4 is 39.1 Å². The lowest BCUT2D eigenvalue weighted by Gasteiger charge is -2.07. The summed E-state index contributed by atoms with van der Waals surface area (Å²) in [5.74, 6) is 1.14. The summed E-state index contributed by atoms with van der Waals surface area (Å²) in [4.78, 5) is 9.22. The Morgan fingerprint density at radius 3 is 2.88 bits per heavy atom. The van der Waals surface area contributed by atoms with E-state index in [0.717, 1.165) is 26.5 Å². The molecule has 10 nitrogen and oxygen atoms in total. The molecule has 0 unspecified atom stereocenters. The van der Waals surface area contributed by atoms with E-state index in [1.165, 1.54) is 0 Å². The first-order valence-corrected chi connectivity index (χ1v) is 11.5. The van der Waals surface area contributed by atoms with Crippen molar-refractivity contribution in [1.82, 2.24) is 35.2 Å². The average molecular weight is 495 g/mol. The number of hydrogen-bond donors (Lipinski definition) is 2. The molecule has 0 aliphatic rings. The van der Waals surface area contributed by atoms with Gasteiger partial charge in [0.2, 0.25) is 5.95 Å². The Morgan fingerprint density at radius 1 is 1.12 bits per heavy atom. The fourth-order valence-electron chi connectivity index (χ4n) is 3.34. The van der Waals surface area contributed by atoms with Gasteiger partial charge < -0.3 is 15.2 Å². The minimum atomic E-state index is -0.0116. The molecule has 34 heavy (non-hydrogen) atoms. The third-order valence-electron chi connectivity index (χ3n) is 5.00. The van der Waals surface area contributed by atoms with Crippen molar-refractivity contribution in [2.24, 2.45) is 0 Å². The van der Waals surface area contributed by atoms with Crippen molar-refractivity contribution in [3.63, 3.8) is 0 Å². The molecule has 0 aliphatic heterocycles. The summed E-state index contributed by atoms with van der Waals surface area (Å²) < 4.78 is 7.92. The molecule has 0 spiro atoms. The second-order valence-corrected chi connectivity index (χ2v) is 8.77. The van der Waals surface area contributed by atoms with Crippen molar-refractivity contribution < 1.29 is 9.84 Å². The molecule has 5 aromatic rings. The summed E-state index contributed by atoms with van der Waals surface area (Å²) in [5, 5.41) is 30.0. The number of nitrogens with zero attached hydrogens (tertiary/aromatic N) is 7. The molecule has 0 atom stereocenters. The Hall–Kier alpha value is -3.67. The number of aliphatic hydroxyl groups excluding tert-OH is 1. The first kappa shape index (κ1) is 22.1. The van der Waals surface area contributed by atoms with Gasteiger partial charge in [-0.25, -0.2) is 14.6 Å². The summed E-state index contributed by atoms with van der Waals surface area (Å²) in [5.41, 5.74) is 3.64. The van der Waals surface area contributed by atoms with Gasteiger partial charge in [0.25, 0.3) is 0 Å². The third-order valence-corrected chi connectivity index (χ3v) is 6.37. The van der Waals surface area contributed by atoms with Crippen LogP contribution in [0.3, 0.4) is 0 Å². The monoisotopic (exact) mass is 494 g/mol. The van der Waals surface area contributed by atoms with Gasteiger partial charge in [-0.05, 0) is 24.3 Å². The molecule has 0 saturated heterocycles. The largest absolute Gasteiger partial charge is 0.497 e. The Bertz CT molecular complexity index is 1450. The van der Waals surface area contributed by atoms with Crippen LogP contribution in [-0.4, -0.2) is 54.0 Å². The van der Waals surface area contributed by atoms with Crippen LogP contribution in [0.1, 0.15) is 5.01 Å². The van der Waals surface area contributed by atoms with Crippen LogP contribution in [-0.2, 0) is 13.1 Å². The maximum absolute atomic E-state index is 9.09. The first-order valence-electron chi connectivity index (χ1n) is 10.3. The van der Waals surface area contributed by atoms with Gasteiger partial charge in [-0.3, -0.25) is 0 Å². The minimum Gasteiger partial charge on any atom is -0.497 e. The van der Waals surface area contributed by atoms with E-state index in [0.29, 0.717) is 41.0 Å². The molecule has 0 amide bonds. The van der Waals surface area contributed by atoms with Crippen LogP contribution >= 0.6 is 22.9 Å². The Balaban J connectivity index is 1.36. The number of methoxy groups -OCH3 is 1. The van der Waals surface area contributed by atoms with E-state index < -0.39 is 0 Å². The normalized spacial score (nSPS) is 11.1. The number of fused-ring (bicyclic) bond motifs is 1. The first-order chi connectivity index (χ1) is 16.6. The number of thiazole rings is 1. The Kier molecular flexibility index (Phi) is 6.30. The molecule has 3 aromatic heterocycles. The van der Waals surface area contributed by atoms with Gasteiger partial charge in [-0.15, -0.1) is 21.5 Å². The third kappa shape index (κ3) is 4.67. The lowest BCUT2D eigenvalue weighted by Crippen LogP contribution is -2.05. The van der Waals surface area contributed by atoms with E-state index in [9.17, 15) is 0 Å². The topological polar surface area (TPSA) is 124 Å². The van der Waals surface area contributed by atoms with Crippen LogP contribution in [0, 0.1) is 0 Å². The van der Waals surface area contributed by atoms with Crippen LogP contribution < -0.4 is 10.1 Å². The van der Waals surface area contributed by atoms with E-state index in [1.54, 1.807) is 41.6 Å². The number of aliphatic hydroxyl groups is 1. The average Bonchev–Trinajstić information content (AvgIpc) is 3.50. The highest BCUT2D eigenvalue weighted by molar-refractivity contribution is 7.18. The number of aromatic nitrogens is 7. The fourth-order valence-corrected chi connectivity index (χ4v) is 4.45. The number of benzene rings is 2. The van der Waals surface area contributed by atoms with Crippen molar-refractivity contribution in [1.29, 1.82) is 0 Å². The highest BCUT2D eigenvalue weighted by Crippen LogP contribution is 2.31. The summed E-state index contributed by atoms with van der Waals surface area (Å²) in [7, 11) is 1.63. The summed E-state index contributed by atoms with van der Waals surface area (Å²) in [6.45, 7) is 0.817. The number of hydrogen-bond acceptors (Lipinski definition) is 10. The molecule has 0 bridgehead atoms. The highest BCUT2D eigenvalue weighted by Gasteiger charge is 2.12. The fraction of sp³-hybridized carbons (Fsp3) is 0.182. The molecular formula is C22H19ClN8O2S. The van der Waals surface area contributed by atoms with Crippen LogP contribution in [0.2, 0.25) is 5.02 Å². The summed E-state index contributed by atoms with van der Waals surface area (Å²) in [6.07, 6.45) is 3.32. The Morgan fingerprint density at radius 2 is 2.03 bits per heavy atom. The van der Waals surface area contributed by atoms with Gasteiger partial charge in [0.05, 0.1) is 60.1 Å². The van der Waals surface area contributed by atoms with Crippen molar-refractivity contribution in [3.05, 3.63) is 58.8 Å².